The molecule has 0 aromatic carbocycles. The highest BCUT2D eigenvalue weighted by Gasteiger charge is 2.36. The largest absolute Gasteiger partial charge is 0.349 e. The van der Waals surface area contributed by atoms with Crippen LogP contribution in [0.3, 0.4) is 0 Å². The molecular formula is C8H16O4. The molecule has 0 unspecified atom stereocenters. The SMILES string of the molecule is CCOC1(OC)COC(C)OC1. The molecule has 0 amide bonds. The molecule has 72 valence electrons. The maximum Gasteiger partial charge on any atom is 0.216 e. The summed E-state index contributed by atoms with van der Waals surface area (Å²) < 4.78 is 21.1. The molecule has 0 atom stereocenters. The Balaban J connectivity index is 2.45. The molecule has 4 heteroatoms. The van der Waals surface area contributed by atoms with Crippen molar-refractivity contribution < 1.29 is 18.9 Å². The van der Waals surface area contributed by atoms with E-state index in [4.69, 9.17) is 18.9 Å². The van der Waals surface area contributed by atoms with Gasteiger partial charge in [0.05, 0.1) is 0 Å². The highest BCUT2D eigenvalue weighted by Crippen LogP contribution is 2.20. The summed E-state index contributed by atoms with van der Waals surface area (Å²) in [5.41, 5.74) is 0. The van der Waals surface area contributed by atoms with Crippen molar-refractivity contribution in [2.45, 2.75) is 25.9 Å². The first-order chi connectivity index (χ1) is 5.72. The van der Waals surface area contributed by atoms with E-state index in [-0.39, 0.29) is 6.29 Å². The molecule has 0 spiro atoms. The van der Waals surface area contributed by atoms with Crippen LogP contribution in [0, 0.1) is 0 Å². The minimum absolute atomic E-state index is 0.159. The van der Waals surface area contributed by atoms with Gasteiger partial charge in [-0.15, -0.1) is 0 Å². The summed E-state index contributed by atoms with van der Waals surface area (Å²) in [6.45, 7) is 5.22. The van der Waals surface area contributed by atoms with Gasteiger partial charge in [-0.25, -0.2) is 0 Å². The predicted octanol–water partition coefficient (Wildman–Crippen LogP) is 0.758. The van der Waals surface area contributed by atoms with Crippen LogP contribution in [0.2, 0.25) is 0 Å². The number of rotatable bonds is 3. The zero-order valence-corrected chi connectivity index (χ0v) is 7.83. The van der Waals surface area contributed by atoms with E-state index in [0.717, 1.165) is 0 Å². The molecule has 1 heterocycles. The molecule has 0 bridgehead atoms. The fraction of sp³-hybridized carbons (Fsp3) is 1.00. The van der Waals surface area contributed by atoms with Gasteiger partial charge in [0.15, 0.2) is 6.29 Å². The van der Waals surface area contributed by atoms with Crippen molar-refractivity contribution in [3.05, 3.63) is 0 Å². The van der Waals surface area contributed by atoms with E-state index in [0.29, 0.717) is 19.8 Å². The Hall–Kier alpha value is -0.160. The molecule has 1 aliphatic heterocycles. The number of ether oxygens (including phenoxy) is 4. The molecule has 1 fully saturated rings. The Morgan fingerprint density at radius 3 is 2.42 bits per heavy atom. The minimum atomic E-state index is -0.693. The van der Waals surface area contributed by atoms with Gasteiger partial charge in [0.2, 0.25) is 5.79 Å². The first kappa shape index (κ1) is 9.92. The zero-order chi connectivity index (χ0) is 9.03. The average Bonchev–Trinajstić information content (AvgIpc) is 2.10. The lowest BCUT2D eigenvalue weighted by Gasteiger charge is -2.37. The molecular weight excluding hydrogens is 160 g/mol. The van der Waals surface area contributed by atoms with Crippen molar-refractivity contribution in [3.63, 3.8) is 0 Å². The Morgan fingerprint density at radius 2 is 2.00 bits per heavy atom. The van der Waals surface area contributed by atoms with Crippen molar-refractivity contribution in [3.8, 4) is 0 Å². The van der Waals surface area contributed by atoms with Crippen LogP contribution in [0.25, 0.3) is 0 Å². The summed E-state index contributed by atoms with van der Waals surface area (Å²) in [7, 11) is 1.60. The maximum absolute atomic E-state index is 5.40. The first-order valence-electron chi connectivity index (χ1n) is 4.15. The topological polar surface area (TPSA) is 36.9 Å². The van der Waals surface area contributed by atoms with Gasteiger partial charge in [-0.1, -0.05) is 0 Å². The van der Waals surface area contributed by atoms with Crippen molar-refractivity contribution >= 4 is 0 Å². The van der Waals surface area contributed by atoms with Gasteiger partial charge in [0.25, 0.3) is 0 Å². The third-order valence-corrected chi connectivity index (χ3v) is 1.86. The highest BCUT2D eigenvalue weighted by molar-refractivity contribution is 4.71. The lowest BCUT2D eigenvalue weighted by atomic mass is 10.3. The van der Waals surface area contributed by atoms with Crippen LogP contribution in [0.5, 0.6) is 0 Å². The Morgan fingerprint density at radius 1 is 1.42 bits per heavy atom. The molecule has 1 aliphatic rings. The second kappa shape index (κ2) is 4.18. The first-order valence-corrected chi connectivity index (χ1v) is 4.15. The monoisotopic (exact) mass is 176 g/mol. The van der Waals surface area contributed by atoms with Crippen LogP contribution in [-0.2, 0) is 18.9 Å². The van der Waals surface area contributed by atoms with Gasteiger partial charge in [-0.2, -0.15) is 0 Å². The minimum Gasteiger partial charge on any atom is -0.349 e. The van der Waals surface area contributed by atoms with Crippen molar-refractivity contribution in [1.29, 1.82) is 0 Å². The maximum atomic E-state index is 5.40. The molecule has 12 heavy (non-hydrogen) atoms. The summed E-state index contributed by atoms with van der Waals surface area (Å²) in [5, 5.41) is 0. The van der Waals surface area contributed by atoms with E-state index in [2.05, 4.69) is 0 Å². The summed E-state index contributed by atoms with van der Waals surface area (Å²) >= 11 is 0. The van der Waals surface area contributed by atoms with Crippen LogP contribution in [0.1, 0.15) is 13.8 Å². The summed E-state index contributed by atoms with van der Waals surface area (Å²) in [5.74, 6) is -0.693. The molecule has 0 aromatic rings. The summed E-state index contributed by atoms with van der Waals surface area (Å²) in [6, 6.07) is 0. The normalized spacial score (nSPS) is 36.8. The van der Waals surface area contributed by atoms with Crippen LogP contribution >= 0.6 is 0 Å². The highest BCUT2D eigenvalue weighted by atomic mass is 16.8. The van der Waals surface area contributed by atoms with Crippen molar-refractivity contribution in [2.75, 3.05) is 26.9 Å². The molecule has 0 radical (unpaired) electrons. The standard InChI is InChI=1S/C8H16O4/c1-4-12-8(9-3)5-10-7(2)11-6-8/h7H,4-6H2,1-3H3. The van der Waals surface area contributed by atoms with E-state index < -0.39 is 5.79 Å². The number of hydrogen-bond acceptors (Lipinski definition) is 4. The average molecular weight is 176 g/mol. The Kier molecular flexibility index (Phi) is 3.46. The molecule has 0 saturated carbocycles. The van der Waals surface area contributed by atoms with E-state index >= 15 is 0 Å². The summed E-state index contributed by atoms with van der Waals surface area (Å²) in [4.78, 5) is 0. The van der Waals surface area contributed by atoms with E-state index in [1.54, 1.807) is 7.11 Å². The van der Waals surface area contributed by atoms with Gasteiger partial charge in [-0.05, 0) is 13.8 Å². The van der Waals surface area contributed by atoms with E-state index in [1.165, 1.54) is 0 Å². The molecule has 4 nitrogen and oxygen atoms in total. The Labute approximate surface area is 72.7 Å². The molecule has 0 aromatic heterocycles. The fourth-order valence-corrected chi connectivity index (χ4v) is 1.10. The van der Waals surface area contributed by atoms with Gasteiger partial charge < -0.3 is 18.9 Å². The lowest BCUT2D eigenvalue weighted by Crippen LogP contribution is -2.50. The second-order valence-electron chi connectivity index (χ2n) is 2.74. The van der Waals surface area contributed by atoms with Crippen LogP contribution in [0.15, 0.2) is 0 Å². The number of methoxy groups -OCH3 is 1. The van der Waals surface area contributed by atoms with Gasteiger partial charge in [-0.3, -0.25) is 0 Å². The predicted molar refractivity (Wildman–Crippen MR) is 42.7 cm³/mol. The molecule has 0 aliphatic carbocycles. The molecule has 1 rings (SSSR count). The van der Waals surface area contributed by atoms with Gasteiger partial charge in [0.1, 0.15) is 13.2 Å². The van der Waals surface area contributed by atoms with Crippen LogP contribution in [-0.4, -0.2) is 39.0 Å². The quantitative estimate of drug-likeness (QED) is 0.595. The van der Waals surface area contributed by atoms with Crippen LogP contribution < -0.4 is 0 Å². The fourth-order valence-electron chi connectivity index (χ4n) is 1.10. The lowest BCUT2D eigenvalue weighted by molar-refractivity contribution is -0.338. The smallest absolute Gasteiger partial charge is 0.216 e. The third-order valence-electron chi connectivity index (χ3n) is 1.86. The van der Waals surface area contributed by atoms with Crippen molar-refractivity contribution in [1.82, 2.24) is 0 Å². The third kappa shape index (κ3) is 2.17. The van der Waals surface area contributed by atoms with Crippen LogP contribution in [0.4, 0.5) is 0 Å². The zero-order valence-electron chi connectivity index (χ0n) is 7.83. The molecule has 1 saturated heterocycles. The summed E-state index contributed by atoms with van der Waals surface area (Å²) in [6.07, 6.45) is -0.159. The van der Waals surface area contributed by atoms with Gasteiger partial charge >= 0.3 is 0 Å². The Bertz CT molecular complexity index is 129. The molecule has 0 N–H and O–H groups in total. The van der Waals surface area contributed by atoms with Crippen molar-refractivity contribution in [2.24, 2.45) is 0 Å². The second-order valence-corrected chi connectivity index (χ2v) is 2.74. The van der Waals surface area contributed by atoms with E-state index in [9.17, 15) is 0 Å². The number of hydrogen-bond donors (Lipinski definition) is 0. The van der Waals surface area contributed by atoms with Gasteiger partial charge in [0, 0.05) is 13.7 Å². The van der Waals surface area contributed by atoms with E-state index in [1.807, 2.05) is 13.8 Å².